The highest BCUT2D eigenvalue weighted by molar-refractivity contribution is 8.14. The fourth-order valence-electron chi connectivity index (χ4n) is 2.45. The first kappa shape index (κ1) is 22.9. The van der Waals surface area contributed by atoms with Gasteiger partial charge in [0.15, 0.2) is 11.2 Å². The molecule has 0 aliphatic carbocycles. The number of carbonyl (C=O) groups excluding carboxylic acids is 5. The summed E-state index contributed by atoms with van der Waals surface area (Å²) in [6.07, 6.45) is -4.76. The van der Waals surface area contributed by atoms with E-state index in [0.717, 1.165) is 32.5 Å². The summed E-state index contributed by atoms with van der Waals surface area (Å²) in [4.78, 5) is 57.3. The zero-order chi connectivity index (χ0) is 20.7. The predicted octanol–water partition coefficient (Wildman–Crippen LogP) is 0.349. The fourth-order valence-corrected chi connectivity index (χ4v) is 3.51. The lowest BCUT2D eigenvalue weighted by molar-refractivity contribution is -0.267. The standard InChI is InChI=1S/C16H22O10S/c1-7(17)22-6-12-13(23-8(2)18)15(27-11(5)21)14(24-9(3)19)16(26-12)25-10(4)20/h12-16H,6H2,1-5H3/t12-,13-,14+,15+,16-/m1/s1. The topological polar surface area (TPSA) is 132 Å². The van der Waals surface area contributed by atoms with Crippen LogP contribution in [0.4, 0.5) is 0 Å². The van der Waals surface area contributed by atoms with Gasteiger partial charge in [-0.05, 0) is 0 Å². The van der Waals surface area contributed by atoms with Crippen LogP contribution in [0.5, 0.6) is 0 Å². The van der Waals surface area contributed by atoms with Crippen molar-refractivity contribution in [1.82, 2.24) is 0 Å². The van der Waals surface area contributed by atoms with E-state index in [9.17, 15) is 24.0 Å². The van der Waals surface area contributed by atoms with Crippen molar-refractivity contribution >= 4 is 40.8 Å². The van der Waals surface area contributed by atoms with E-state index in [1.807, 2.05) is 0 Å². The molecule has 10 nitrogen and oxygen atoms in total. The highest BCUT2D eigenvalue weighted by atomic mass is 32.2. The predicted molar refractivity (Wildman–Crippen MR) is 90.2 cm³/mol. The third kappa shape index (κ3) is 7.55. The first-order valence-corrected chi connectivity index (χ1v) is 8.87. The Balaban J connectivity index is 3.29. The average molecular weight is 406 g/mol. The molecule has 0 unspecified atom stereocenters. The summed E-state index contributed by atoms with van der Waals surface area (Å²) >= 11 is 0.739. The molecule has 0 aromatic carbocycles. The lowest BCUT2D eigenvalue weighted by Crippen LogP contribution is -2.61. The van der Waals surface area contributed by atoms with Crippen molar-refractivity contribution < 1.29 is 47.7 Å². The number of hydrogen-bond acceptors (Lipinski definition) is 11. The smallest absolute Gasteiger partial charge is 0.305 e. The molecule has 5 atom stereocenters. The molecule has 1 aliphatic rings. The van der Waals surface area contributed by atoms with E-state index in [2.05, 4.69) is 0 Å². The molecule has 0 N–H and O–H groups in total. The monoisotopic (exact) mass is 406 g/mol. The van der Waals surface area contributed by atoms with Crippen LogP contribution in [0.1, 0.15) is 34.6 Å². The van der Waals surface area contributed by atoms with Crippen molar-refractivity contribution in [3.8, 4) is 0 Å². The molecule has 152 valence electrons. The van der Waals surface area contributed by atoms with Gasteiger partial charge in [0.1, 0.15) is 18.8 Å². The van der Waals surface area contributed by atoms with Crippen LogP contribution in [0.15, 0.2) is 0 Å². The van der Waals surface area contributed by atoms with Crippen LogP contribution >= 0.6 is 11.8 Å². The van der Waals surface area contributed by atoms with E-state index < -0.39 is 53.7 Å². The average Bonchev–Trinajstić information content (AvgIpc) is 2.49. The van der Waals surface area contributed by atoms with E-state index >= 15 is 0 Å². The molecule has 0 spiro atoms. The molecule has 1 fully saturated rings. The molecule has 0 bridgehead atoms. The summed E-state index contributed by atoms with van der Waals surface area (Å²) in [6, 6.07) is 0. The summed E-state index contributed by atoms with van der Waals surface area (Å²) < 4.78 is 26.0. The maximum absolute atomic E-state index is 11.7. The van der Waals surface area contributed by atoms with Crippen molar-refractivity contribution in [1.29, 1.82) is 0 Å². The third-order valence-electron chi connectivity index (χ3n) is 3.23. The van der Waals surface area contributed by atoms with Crippen LogP contribution in [0.2, 0.25) is 0 Å². The van der Waals surface area contributed by atoms with E-state index in [1.165, 1.54) is 13.8 Å². The molecule has 0 radical (unpaired) electrons. The molecule has 0 saturated carbocycles. The van der Waals surface area contributed by atoms with Crippen molar-refractivity contribution in [2.75, 3.05) is 6.61 Å². The van der Waals surface area contributed by atoms with Crippen molar-refractivity contribution in [3.05, 3.63) is 0 Å². The first-order chi connectivity index (χ1) is 12.5. The highest BCUT2D eigenvalue weighted by Gasteiger charge is 2.52. The Hall–Kier alpha value is -2.14. The molecule has 1 saturated heterocycles. The number of esters is 4. The summed E-state index contributed by atoms with van der Waals surface area (Å²) in [5.41, 5.74) is 0. The van der Waals surface area contributed by atoms with Gasteiger partial charge < -0.3 is 23.7 Å². The van der Waals surface area contributed by atoms with E-state index in [4.69, 9.17) is 23.7 Å². The van der Waals surface area contributed by atoms with Crippen molar-refractivity contribution in [2.45, 2.75) is 64.5 Å². The maximum atomic E-state index is 11.7. The van der Waals surface area contributed by atoms with Gasteiger partial charge in [0.05, 0.1) is 5.25 Å². The normalized spacial score (nSPS) is 27.2. The van der Waals surface area contributed by atoms with Crippen LogP contribution in [-0.4, -0.2) is 65.5 Å². The summed E-state index contributed by atoms with van der Waals surface area (Å²) in [6.45, 7) is 5.53. The Morgan fingerprint density at radius 3 is 1.74 bits per heavy atom. The first-order valence-electron chi connectivity index (χ1n) is 7.99. The van der Waals surface area contributed by atoms with Crippen LogP contribution in [0.3, 0.4) is 0 Å². The van der Waals surface area contributed by atoms with Gasteiger partial charge in [0, 0.05) is 34.6 Å². The summed E-state index contributed by atoms with van der Waals surface area (Å²) in [7, 11) is 0. The molecule has 0 aromatic heterocycles. The van der Waals surface area contributed by atoms with Crippen molar-refractivity contribution in [2.24, 2.45) is 0 Å². The third-order valence-corrected chi connectivity index (χ3v) is 4.37. The Morgan fingerprint density at radius 2 is 1.30 bits per heavy atom. The quantitative estimate of drug-likeness (QED) is 0.447. The second-order valence-electron chi connectivity index (χ2n) is 5.68. The Bertz CT molecular complexity index is 604. The number of rotatable bonds is 6. The largest absolute Gasteiger partial charge is 0.463 e. The summed E-state index contributed by atoms with van der Waals surface area (Å²) in [5, 5.41) is -1.31. The van der Waals surface area contributed by atoms with Gasteiger partial charge in [-0.1, -0.05) is 11.8 Å². The van der Waals surface area contributed by atoms with Gasteiger partial charge in [0.2, 0.25) is 6.29 Å². The van der Waals surface area contributed by atoms with Gasteiger partial charge in [-0.25, -0.2) is 0 Å². The molecule has 1 rings (SSSR count). The van der Waals surface area contributed by atoms with Crippen LogP contribution in [0, 0.1) is 0 Å². The minimum Gasteiger partial charge on any atom is -0.463 e. The molecule has 11 heteroatoms. The molecular formula is C16H22O10S. The zero-order valence-electron chi connectivity index (χ0n) is 15.6. The number of carbonyl (C=O) groups is 5. The second kappa shape index (κ2) is 10.3. The van der Waals surface area contributed by atoms with Gasteiger partial charge in [-0.2, -0.15) is 0 Å². The number of ether oxygens (including phenoxy) is 5. The second-order valence-corrected chi connectivity index (χ2v) is 7.03. The van der Waals surface area contributed by atoms with Gasteiger partial charge in [0.25, 0.3) is 0 Å². The molecular weight excluding hydrogens is 384 g/mol. The SMILES string of the molecule is CC(=O)OC[C@H]1O[C@@H](OC(C)=O)[C@@H](OC(C)=O)[C@@H](SC(C)=O)[C@@H]1OC(C)=O. The molecule has 1 aliphatic heterocycles. The zero-order valence-corrected chi connectivity index (χ0v) is 16.4. The highest BCUT2D eigenvalue weighted by Crippen LogP contribution is 2.35. The molecule has 0 amide bonds. The minimum atomic E-state index is -1.38. The van der Waals surface area contributed by atoms with Gasteiger partial charge in [-0.15, -0.1) is 0 Å². The van der Waals surface area contributed by atoms with Gasteiger partial charge in [-0.3, -0.25) is 24.0 Å². The lowest BCUT2D eigenvalue weighted by Gasteiger charge is -2.43. The minimum absolute atomic E-state index is 0.327. The maximum Gasteiger partial charge on any atom is 0.305 e. The Morgan fingerprint density at radius 1 is 0.778 bits per heavy atom. The van der Waals surface area contributed by atoms with E-state index in [0.29, 0.717) is 0 Å². The lowest BCUT2D eigenvalue weighted by atomic mass is 10.0. The number of thioether (sulfide) groups is 1. The fraction of sp³-hybridized carbons (Fsp3) is 0.688. The van der Waals surface area contributed by atoms with Crippen LogP contribution in [0.25, 0.3) is 0 Å². The molecule has 0 aromatic rings. The molecule has 27 heavy (non-hydrogen) atoms. The van der Waals surface area contributed by atoms with Crippen LogP contribution in [-0.2, 0) is 47.7 Å². The molecule has 1 heterocycles. The van der Waals surface area contributed by atoms with Gasteiger partial charge >= 0.3 is 23.9 Å². The Labute approximate surface area is 160 Å². The van der Waals surface area contributed by atoms with Crippen LogP contribution < -0.4 is 0 Å². The Kier molecular flexibility index (Phi) is 8.70. The van der Waals surface area contributed by atoms with E-state index in [1.54, 1.807) is 0 Å². The number of hydrogen-bond donors (Lipinski definition) is 0. The summed E-state index contributed by atoms with van der Waals surface area (Å²) in [5.74, 6) is -2.73. The van der Waals surface area contributed by atoms with E-state index in [-0.39, 0.29) is 11.7 Å². The van der Waals surface area contributed by atoms with Crippen molar-refractivity contribution in [3.63, 3.8) is 0 Å².